The second-order valence-corrected chi connectivity index (χ2v) is 5.00. The Hall–Kier alpha value is -0.610. The third-order valence-electron chi connectivity index (χ3n) is 4.09. The van der Waals surface area contributed by atoms with Gasteiger partial charge in [-0.2, -0.15) is 0 Å². The van der Waals surface area contributed by atoms with Crippen LogP contribution in [0.1, 0.15) is 32.1 Å². The lowest BCUT2D eigenvalue weighted by Gasteiger charge is -2.36. The molecule has 0 spiro atoms. The first-order chi connectivity index (χ1) is 7.70. The molecule has 2 bridgehead atoms. The van der Waals surface area contributed by atoms with Crippen LogP contribution < -0.4 is 5.32 Å². The summed E-state index contributed by atoms with van der Waals surface area (Å²) in [4.78, 5) is 13.5. The number of hydrogen-bond donors (Lipinski definition) is 1. The average Bonchev–Trinajstić information content (AvgIpc) is 2.53. The Morgan fingerprint density at radius 2 is 2.00 bits per heavy atom. The summed E-state index contributed by atoms with van der Waals surface area (Å²) in [6, 6.07) is 2.11. The number of nitrogens with one attached hydrogen (secondary N) is 1. The molecule has 0 aromatic heterocycles. The molecule has 0 aromatic carbocycles. The van der Waals surface area contributed by atoms with E-state index < -0.39 is 0 Å². The van der Waals surface area contributed by atoms with Crippen LogP contribution >= 0.6 is 0 Å². The van der Waals surface area contributed by atoms with Crippen LogP contribution in [0.25, 0.3) is 0 Å². The molecule has 2 saturated heterocycles. The average molecular weight is 226 g/mol. The van der Waals surface area contributed by atoms with Gasteiger partial charge in [-0.25, -0.2) is 0 Å². The van der Waals surface area contributed by atoms with Crippen molar-refractivity contribution >= 4 is 5.97 Å². The van der Waals surface area contributed by atoms with Crippen LogP contribution in [0, 0.1) is 0 Å². The normalized spacial score (nSPS) is 34.0. The highest BCUT2D eigenvalue weighted by Crippen LogP contribution is 2.34. The maximum atomic E-state index is 11.0. The molecule has 0 amide bonds. The summed E-state index contributed by atoms with van der Waals surface area (Å²) in [7, 11) is 3.69. The number of nitrogens with zero attached hydrogens (tertiary/aromatic N) is 1. The lowest BCUT2D eigenvalue weighted by atomic mass is 9.98. The van der Waals surface area contributed by atoms with E-state index >= 15 is 0 Å². The number of carbonyl (C=O) groups is 1. The van der Waals surface area contributed by atoms with Crippen molar-refractivity contribution in [3.63, 3.8) is 0 Å². The van der Waals surface area contributed by atoms with Crippen LogP contribution in [0.2, 0.25) is 0 Å². The largest absolute Gasteiger partial charge is 0.469 e. The van der Waals surface area contributed by atoms with Gasteiger partial charge in [0.2, 0.25) is 0 Å². The van der Waals surface area contributed by atoms with Crippen molar-refractivity contribution in [2.75, 3.05) is 20.7 Å². The zero-order chi connectivity index (χ0) is 11.5. The first-order valence-electron chi connectivity index (χ1n) is 6.23. The summed E-state index contributed by atoms with van der Waals surface area (Å²) in [6.07, 6.45) is 5.63. The van der Waals surface area contributed by atoms with Gasteiger partial charge in [0.15, 0.2) is 0 Å². The minimum Gasteiger partial charge on any atom is -0.469 e. The molecule has 92 valence electrons. The fourth-order valence-electron chi connectivity index (χ4n) is 3.06. The quantitative estimate of drug-likeness (QED) is 0.719. The SMILES string of the molecule is COC(=O)CCNC1CC2CCC(C1)N2C. The van der Waals surface area contributed by atoms with Gasteiger partial charge in [-0.15, -0.1) is 0 Å². The molecule has 4 heteroatoms. The Kier molecular flexibility index (Phi) is 3.82. The third-order valence-corrected chi connectivity index (χ3v) is 4.09. The summed E-state index contributed by atoms with van der Waals surface area (Å²) in [5, 5.41) is 3.48. The van der Waals surface area contributed by atoms with Crippen LogP contribution in [0.4, 0.5) is 0 Å². The van der Waals surface area contributed by atoms with E-state index in [2.05, 4.69) is 22.0 Å². The van der Waals surface area contributed by atoms with Crippen molar-refractivity contribution in [3.05, 3.63) is 0 Å². The molecular formula is C12H22N2O2. The molecule has 2 aliphatic rings. The first kappa shape index (κ1) is 11.9. The maximum absolute atomic E-state index is 11.0. The number of hydrogen-bond acceptors (Lipinski definition) is 4. The van der Waals surface area contributed by atoms with E-state index in [9.17, 15) is 4.79 Å². The van der Waals surface area contributed by atoms with E-state index in [4.69, 9.17) is 0 Å². The maximum Gasteiger partial charge on any atom is 0.306 e. The van der Waals surface area contributed by atoms with Gasteiger partial charge >= 0.3 is 5.97 Å². The molecule has 0 aromatic rings. The number of carbonyl (C=O) groups excluding carboxylic acids is 1. The van der Waals surface area contributed by atoms with Gasteiger partial charge in [0.25, 0.3) is 0 Å². The molecule has 0 saturated carbocycles. The molecule has 2 atom stereocenters. The molecule has 2 fully saturated rings. The fourth-order valence-corrected chi connectivity index (χ4v) is 3.06. The second-order valence-electron chi connectivity index (χ2n) is 5.00. The molecule has 16 heavy (non-hydrogen) atoms. The van der Waals surface area contributed by atoms with Crippen molar-refractivity contribution in [1.82, 2.24) is 10.2 Å². The van der Waals surface area contributed by atoms with Gasteiger partial charge in [-0.3, -0.25) is 4.79 Å². The fraction of sp³-hybridized carbons (Fsp3) is 0.917. The number of fused-ring (bicyclic) bond motifs is 2. The van der Waals surface area contributed by atoms with Crippen LogP contribution in [-0.2, 0) is 9.53 Å². The second kappa shape index (κ2) is 5.15. The molecule has 2 rings (SSSR count). The van der Waals surface area contributed by atoms with E-state index in [1.807, 2.05) is 0 Å². The van der Waals surface area contributed by atoms with Crippen molar-refractivity contribution < 1.29 is 9.53 Å². The molecule has 0 radical (unpaired) electrons. The number of piperidine rings is 1. The lowest BCUT2D eigenvalue weighted by molar-refractivity contribution is -0.140. The monoisotopic (exact) mass is 226 g/mol. The van der Waals surface area contributed by atoms with Gasteiger partial charge in [-0.05, 0) is 32.7 Å². The summed E-state index contributed by atoms with van der Waals surface area (Å²) in [5.41, 5.74) is 0. The summed E-state index contributed by atoms with van der Waals surface area (Å²) < 4.78 is 4.62. The molecule has 4 nitrogen and oxygen atoms in total. The minimum atomic E-state index is -0.122. The van der Waals surface area contributed by atoms with E-state index in [-0.39, 0.29) is 5.97 Å². The minimum absolute atomic E-state index is 0.122. The number of esters is 1. The third kappa shape index (κ3) is 2.55. The van der Waals surface area contributed by atoms with Crippen LogP contribution in [0.5, 0.6) is 0 Å². The van der Waals surface area contributed by atoms with Gasteiger partial charge in [0.05, 0.1) is 13.5 Å². The molecule has 2 unspecified atom stereocenters. The zero-order valence-electron chi connectivity index (χ0n) is 10.2. The van der Waals surface area contributed by atoms with Crippen LogP contribution in [0.15, 0.2) is 0 Å². The van der Waals surface area contributed by atoms with Crippen molar-refractivity contribution in [3.8, 4) is 0 Å². The lowest BCUT2D eigenvalue weighted by Crippen LogP contribution is -2.47. The van der Waals surface area contributed by atoms with Gasteiger partial charge in [-0.1, -0.05) is 0 Å². The van der Waals surface area contributed by atoms with Gasteiger partial charge in [0, 0.05) is 24.7 Å². The predicted molar refractivity (Wildman–Crippen MR) is 62.2 cm³/mol. The topological polar surface area (TPSA) is 41.6 Å². The highest BCUT2D eigenvalue weighted by molar-refractivity contribution is 5.69. The Bertz CT molecular complexity index is 243. The smallest absolute Gasteiger partial charge is 0.306 e. The van der Waals surface area contributed by atoms with Gasteiger partial charge in [0.1, 0.15) is 0 Å². The van der Waals surface area contributed by atoms with E-state index in [0.29, 0.717) is 12.5 Å². The summed E-state index contributed by atoms with van der Waals surface area (Å²) in [6.45, 7) is 0.750. The highest BCUT2D eigenvalue weighted by atomic mass is 16.5. The number of ether oxygens (including phenoxy) is 1. The summed E-state index contributed by atoms with van der Waals surface area (Å²) in [5.74, 6) is -0.122. The van der Waals surface area contributed by atoms with Crippen LogP contribution in [-0.4, -0.2) is 49.7 Å². The van der Waals surface area contributed by atoms with Crippen molar-refractivity contribution in [1.29, 1.82) is 0 Å². The standard InChI is InChI=1S/C12H22N2O2/c1-14-10-3-4-11(14)8-9(7-10)13-6-5-12(15)16-2/h9-11,13H,3-8H2,1-2H3. The Labute approximate surface area is 97.3 Å². The molecule has 2 aliphatic heterocycles. The molecule has 1 N–H and O–H groups in total. The van der Waals surface area contributed by atoms with Gasteiger partial charge < -0.3 is 15.0 Å². The zero-order valence-corrected chi connectivity index (χ0v) is 10.2. The van der Waals surface area contributed by atoms with Crippen LogP contribution in [0.3, 0.4) is 0 Å². The molecule has 2 heterocycles. The Morgan fingerprint density at radius 1 is 1.38 bits per heavy atom. The Balaban J connectivity index is 1.70. The number of rotatable bonds is 4. The first-order valence-corrected chi connectivity index (χ1v) is 6.23. The summed E-state index contributed by atoms with van der Waals surface area (Å²) >= 11 is 0. The van der Waals surface area contributed by atoms with Crippen molar-refractivity contribution in [2.45, 2.75) is 50.2 Å². The Morgan fingerprint density at radius 3 is 2.56 bits per heavy atom. The predicted octanol–water partition coefficient (Wildman–Crippen LogP) is 0.764. The number of methoxy groups -OCH3 is 1. The van der Waals surface area contributed by atoms with Crippen molar-refractivity contribution in [2.24, 2.45) is 0 Å². The highest BCUT2D eigenvalue weighted by Gasteiger charge is 2.37. The molecular weight excluding hydrogens is 204 g/mol. The van der Waals surface area contributed by atoms with E-state index in [0.717, 1.165) is 18.6 Å². The van der Waals surface area contributed by atoms with E-state index in [1.54, 1.807) is 0 Å². The van der Waals surface area contributed by atoms with E-state index in [1.165, 1.54) is 32.8 Å². The molecule has 0 aliphatic carbocycles.